The van der Waals surface area contributed by atoms with Gasteiger partial charge in [0.15, 0.2) is 0 Å². The Labute approximate surface area is 105 Å². The lowest BCUT2D eigenvalue weighted by molar-refractivity contribution is -0.148. The maximum Gasteiger partial charge on any atom is 0.311 e. The molecule has 1 unspecified atom stereocenters. The number of aromatic nitrogens is 1. The molecule has 2 rings (SSSR count). The maximum absolute atomic E-state index is 12.2. The molecule has 0 bridgehead atoms. The highest BCUT2D eigenvalue weighted by atomic mass is 16.4. The van der Waals surface area contributed by atoms with Crippen LogP contribution < -0.4 is 0 Å². The standard InChI is InChI=1S/C13H16N2O3/c1-2-13(12(17)18)5-7-15(9-13)11(16)10-4-3-6-14-8-10/h3-4,6,8H,2,5,7,9H2,1H3,(H,17,18). The van der Waals surface area contributed by atoms with Gasteiger partial charge in [-0.2, -0.15) is 0 Å². The summed E-state index contributed by atoms with van der Waals surface area (Å²) in [6.45, 7) is 2.63. The Morgan fingerprint density at radius 2 is 2.33 bits per heavy atom. The van der Waals surface area contributed by atoms with Gasteiger partial charge in [-0.1, -0.05) is 6.92 Å². The van der Waals surface area contributed by atoms with Crippen LogP contribution in [0.5, 0.6) is 0 Å². The highest BCUT2D eigenvalue weighted by Gasteiger charge is 2.44. The smallest absolute Gasteiger partial charge is 0.311 e. The first-order valence-electron chi connectivity index (χ1n) is 6.02. The molecule has 1 amide bonds. The third-order valence-corrected chi connectivity index (χ3v) is 3.68. The Morgan fingerprint density at radius 3 is 2.83 bits per heavy atom. The number of nitrogens with zero attached hydrogens (tertiary/aromatic N) is 2. The van der Waals surface area contributed by atoms with Crippen molar-refractivity contribution in [2.45, 2.75) is 19.8 Å². The summed E-state index contributed by atoms with van der Waals surface area (Å²) in [4.78, 5) is 29.0. The first kappa shape index (κ1) is 12.5. The summed E-state index contributed by atoms with van der Waals surface area (Å²) >= 11 is 0. The highest BCUT2D eigenvalue weighted by molar-refractivity contribution is 5.94. The molecule has 1 aromatic heterocycles. The molecular weight excluding hydrogens is 232 g/mol. The largest absolute Gasteiger partial charge is 0.481 e. The molecule has 1 aliphatic rings. The van der Waals surface area contributed by atoms with E-state index in [1.807, 2.05) is 6.92 Å². The lowest BCUT2D eigenvalue weighted by atomic mass is 9.84. The SMILES string of the molecule is CCC1(C(=O)O)CCN(C(=O)c2cccnc2)C1. The fraction of sp³-hybridized carbons (Fsp3) is 0.462. The number of likely N-dealkylation sites (tertiary alicyclic amines) is 1. The van der Waals surface area contributed by atoms with Gasteiger partial charge in [0.05, 0.1) is 11.0 Å². The third-order valence-electron chi connectivity index (χ3n) is 3.68. The average Bonchev–Trinajstić information content (AvgIpc) is 2.84. The number of aliphatic carboxylic acids is 1. The molecular formula is C13H16N2O3. The molecule has 5 heteroatoms. The van der Waals surface area contributed by atoms with Crippen LogP contribution in [-0.2, 0) is 4.79 Å². The van der Waals surface area contributed by atoms with E-state index in [9.17, 15) is 14.7 Å². The van der Waals surface area contributed by atoms with E-state index >= 15 is 0 Å². The molecule has 2 heterocycles. The molecule has 1 atom stereocenters. The number of carbonyl (C=O) groups excluding carboxylic acids is 1. The summed E-state index contributed by atoms with van der Waals surface area (Å²) < 4.78 is 0. The number of pyridine rings is 1. The Hall–Kier alpha value is -1.91. The highest BCUT2D eigenvalue weighted by Crippen LogP contribution is 2.34. The average molecular weight is 248 g/mol. The normalized spacial score (nSPS) is 23.1. The van der Waals surface area contributed by atoms with E-state index in [2.05, 4.69) is 4.98 Å². The molecule has 1 fully saturated rings. The minimum atomic E-state index is -0.813. The molecule has 1 saturated heterocycles. The van der Waals surface area contributed by atoms with Gasteiger partial charge in [0.2, 0.25) is 0 Å². The Bertz CT molecular complexity index is 461. The van der Waals surface area contributed by atoms with Crippen molar-refractivity contribution in [3.63, 3.8) is 0 Å². The van der Waals surface area contributed by atoms with Gasteiger partial charge in [0.25, 0.3) is 5.91 Å². The maximum atomic E-state index is 12.2. The van der Waals surface area contributed by atoms with E-state index in [0.29, 0.717) is 24.9 Å². The predicted octanol–water partition coefficient (Wildman–Crippen LogP) is 1.41. The zero-order valence-electron chi connectivity index (χ0n) is 10.3. The summed E-state index contributed by atoms with van der Waals surface area (Å²) in [6.07, 6.45) is 4.17. The molecule has 18 heavy (non-hydrogen) atoms. The zero-order chi connectivity index (χ0) is 13.2. The number of hydrogen-bond donors (Lipinski definition) is 1. The minimum Gasteiger partial charge on any atom is -0.481 e. The molecule has 0 aliphatic carbocycles. The van der Waals surface area contributed by atoms with Crippen LogP contribution in [-0.4, -0.2) is 40.0 Å². The second-order valence-electron chi connectivity index (χ2n) is 4.66. The van der Waals surface area contributed by atoms with Crippen molar-refractivity contribution < 1.29 is 14.7 Å². The molecule has 1 aliphatic heterocycles. The quantitative estimate of drug-likeness (QED) is 0.878. The van der Waals surface area contributed by atoms with Crippen molar-refractivity contribution in [1.82, 2.24) is 9.88 Å². The van der Waals surface area contributed by atoms with Gasteiger partial charge in [-0.05, 0) is 25.0 Å². The van der Waals surface area contributed by atoms with Crippen molar-refractivity contribution in [2.75, 3.05) is 13.1 Å². The van der Waals surface area contributed by atoms with E-state index < -0.39 is 11.4 Å². The summed E-state index contributed by atoms with van der Waals surface area (Å²) in [5.74, 6) is -0.953. The van der Waals surface area contributed by atoms with Gasteiger partial charge in [-0.25, -0.2) is 0 Å². The van der Waals surface area contributed by atoms with Crippen LogP contribution in [0.4, 0.5) is 0 Å². The van der Waals surface area contributed by atoms with Crippen molar-refractivity contribution in [1.29, 1.82) is 0 Å². The second kappa shape index (κ2) is 4.76. The number of rotatable bonds is 3. The van der Waals surface area contributed by atoms with Gasteiger partial charge in [0.1, 0.15) is 0 Å². The number of carboxylic acids is 1. The topological polar surface area (TPSA) is 70.5 Å². The van der Waals surface area contributed by atoms with Crippen LogP contribution in [0.3, 0.4) is 0 Å². The monoisotopic (exact) mass is 248 g/mol. The van der Waals surface area contributed by atoms with Gasteiger partial charge < -0.3 is 10.0 Å². The van der Waals surface area contributed by atoms with Gasteiger partial charge >= 0.3 is 5.97 Å². The van der Waals surface area contributed by atoms with Gasteiger partial charge in [-0.15, -0.1) is 0 Å². The lowest BCUT2D eigenvalue weighted by Gasteiger charge is -2.23. The molecule has 0 saturated carbocycles. The van der Waals surface area contributed by atoms with E-state index in [1.54, 1.807) is 23.2 Å². The summed E-state index contributed by atoms with van der Waals surface area (Å²) in [5.41, 5.74) is -0.271. The Morgan fingerprint density at radius 1 is 1.56 bits per heavy atom. The Balaban J connectivity index is 2.14. The van der Waals surface area contributed by atoms with Gasteiger partial charge in [0, 0.05) is 25.5 Å². The molecule has 0 radical (unpaired) electrons. The number of carbonyl (C=O) groups is 2. The van der Waals surface area contributed by atoms with E-state index in [1.165, 1.54) is 6.20 Å². The number of carboxylic acid groups (broad SMARTS) is 1. The molecule has 96 valence electrons. The van der Waals surface area contributed by atoms with E-state index in [4.69, 9.17) is 0 Å². The van der Waals surface area contributed by atoms with Gasteiger partial charge in [-0.3, -0.25) is 14.6 Å². The summed E-state index contributed by atoms with van der Waals surface area (Å²) in [6, 6.07) is 3.40. The first-order chi connectivity index (χ1) is 8.59. The number of hydrogen-bond acceptors (Lipinski definition) is 3. The second-order valence-corrected chi connectivity index (χ2v) is 4.66. The predicted molar refractivity (Wildman–Crippen MR) is 65.1 cm³/mol. The Kier molecular flexibility index (Phi) is 3.32. The first-order valence-corrected chi connectivity index (χ1v) is 6.02. The van der Waals surface area contributed by atoms with Crippen LogP contribution in [0.1, 0.15) is 30.1 Å². The van der Waals surface area contributed by atoms with Crippen LogP contribution in [0.25, 0.3) is 0 Å². The fourth-order valence-corrected chi connectivity index (χ4v) is 2.33. The zero-order valence-corrected chi connectivity index (χ0v) is 10.3. The van der Waals surface area contributed by atoms with Crippen LogP contribution in [0.2, 0.25) is 0 Å². The molecule has 1 N–H and O–H groups in total. The summed E-state index contributed by atoms with van der Waals surface area (Å²) in [7, 11) is 0. The molecule has 0 spiro atoms. The van der Waals surface area contributed by atoms with Crippen LogP contribution >= 0.6 is 0 Å². The van der Waals surface area contributed by atoms with Crippen molar-refractivity contribution in [3.8, 4) is 0 Å². The molecule has 1 aromatic rings. The third kappa shape index (κ3) is 2.08. The van der Waals surface area contributed by atoms with Crippen LogP contribution in [0.15, 0.2) is 24.5 Å². The lowest BCUT2D eigenvalue weighted by Crippen LogP contribution is -2.36. The van der Waals surface area contributed by atoms with Crippen molar-refractivity contribution >= 4 is 11.9 Å². The van der Waals surface area contributed by atoms with Crippen molar-refractivity contribution in [3.05, 3.63) is 30.1 Å². The van der Waals surface area contributed by atoms with E-state index in [0.717, 1.165) is 0 Å². The summed E-state index contributed by atoms with van der Waals surface area (Å²) in [5, 5.41) is 9.28. The number of amides is 1. The van der Waals surface area contributed by atoms with E-state index in [-0.39, 0.29) is 12.5 Å². The van der Waals surface area contributed by atoms with Crippen molar-refractivity contribution in [2.24, 2.45) is 5.41 Å². The molecule has 0 aromatic carbocycles. The van der Waals surface area contributed by atoms with Crippen LogP contribution in [0, 0.1) is 5.41 Å². The fourth-order valence-electron chi connectivity index (χ4n) is 2.33. The minimum absolute atomic E-state index is 0.139. The molecule has 5 nitrogen and oxygen atoms in total.